The standard InChI is InChI=1S/C9H17NO2/c1-3-7-5-8(9(11)12)10(4-2)6-7/h7-8H,3-6H2,1-2H3,(H,11,12). The summed E-state index contributed by atoms with van der Waals surface area (Å²) in [6, 6.07) is -0.222. The average molecular weight is 171 g/mol. The van der Waals surface area contributed by atoms with Crippen molar-refractivity contribution in [2.45, 2.75) is 32.7 Å². The van der Waals surface area contributed by atoms with E-state index in [-0.39, 0.29) is 6.04 Å². The number of carboxylic acid groups (broad SMARTS) is 1. The lowest BCUT2D eigenvalue weighted by Crippen LogP contribution is -2.35. The fourth-order valence-electron chi connectivity index (χ4n) is 1.90. The summed E-state index contributed by atoms with van der Waals surface area (Å²) < 4.78 is 0. The van der Waals surface area contributed by atoms with Gasteiger partial charge in [-0.3, -0.25) is 9.69 Å². The molecule has 1 saturated heterocycles. The van der Waals surface area contributed by atoms with E-state index in [9.17, 15) is 4.79 Å². The Morgan fingerprint density at radius 2 is 2.25 bits per heavy atom. The number of likely N-dealkylation sites (N-methyl/N-ethyl adjacent to an activating group) is 1. The van der Waals surface area contributed by atoms with Gasteiger partial charge in [0.15, 0.2) is 0 Å². The molecule has 0 aliphatic carbocycles. The van der Waals surface area contributed by atoms with Crippen molar-refractivity contribution in [1.82, 2.24) is 4.90 Å². The van der Waals surface area contributed by atoms with Gasteiger partial charge in [0.05, 0.1) is 0 Å². The first-order valence-electron chi connectivity index (χ1n) is 4.65. The van der Waals surface area contributed by atoms with Crippen LogP contribution >= 0.6 is 0 Å². The van der Waals surface area contributed by atoms with Gasteiger partial charge in [-0.25, -0.2) is 0 Å². The number of hydrogen-bond acceptors (Lipinski definition) is 2. The number of hydrogen-bond donors (Lipinski definition) is 1. The Labute approximate surface area is 73.4 Å². The number of carboxylic acids is 1. The van der Waals surface area contributed by atoms with E-state index in [2.05, 4.69) is 11.8 Å². The molecule has 70 valence electrons. The van der Waals surface area contributed by atoms with Crippen LogP contribution in [0.25, 0.3) is 0 Å². The van der Waals surface area contributed by atoms with Gasteiger partial charge in [-0.2, -0.15) is 0 Å². The molecular weight excluding hydrogens is 154 g/mol. The SMILES string of the molecule is CCC1CC(C(=O)O)N(CC)C1. The first-order valence-corrected chi connectivity index (χ1v) is 4.65. The van der Waals surface area contributed by atoms with Crippen molar-refractivity contribution < 1.29 is 9.90 Å². The molecule has 1 N–H and O–H groups in total. The summed E-state index contributed by atoms with van der Waals surface area (Å²) in [7, 11) is 0. The van der Waals surface area contributed by atoms with Crippen LogP contribution in [0.15, 0.2) is 0 Å². The highest BCUT2D eigenvalue weighted by Gasteiger charge is 2.34. The number of aliphatic carboxylic acids is 1. The monoisotopic (exact) mass is 171 g/mol. The van der Waals surface area contributed by atoms with Crippen molar-refractivity contribution >= 4 is 5.97 Å². The van der Waals surface area contributed by atoms with E-state index in [1.54, 1.807) is 0 Å². The first kappa shape index (κ1) is 9.52. The third-order valence-corrected chi connectivity index (χ3v) is 2.76. The molecule has 3 heteroatoms. The fourth-order valence-corrected chi connectivity index (χ4v) is 1.90. The largest absolute Gasteiger partial charge is 0.480 e. The molecule has 0 aromatic heterocycles. The van der Waals surface area contributed by atoms with Crippen molar-refractivity contribution in [3.05, 3.63) is 0 Å². The van der Waals surface area contributed by atoms with E-state index in [1.807, 2.05) is 6.92 Å². The Hall–Kier alpha value is -0.570. The lowest BCUT2D eigenvalue weighted by Gasteiger charge is -2.17. The number of nitrogens with zero attached hydrogens (tertiary/aromatic N) is 1. The molecule has 0 aromatic carbocycles. The van der Waals surface area contributed by atoms with Gasteiger partial charge in [0.2, 0.25) is 0 Å². The van der Waals surface area contributed by atoms with Gasteiger partial charge in [-0.1, -0.05) is 20.3 Å². The summed E-state index contributed by atoms with van der Waals surface area (Å²) in [5, 5.41) is 8.89. The molecule has 1 aliphatic rings. The van der Waals surface area contributed by atoms with Crippen LogP contribution in [0, 0.1) is 5.92 Å². The van der Waals surface area contributed by atoms with Crippen molar-refractivity contribution in [3.63, 3.8) is 0 Å². The van der Waals surface area contributed by atoms with Gasteiger partial charge >= 0.3 is 5.97 Å². The quantitative estimate of drug-likeness (QED) is 0.693. The Bertz CT molecular complexity index is 170. The minimum atomic E-state index is -0.659. The van der Waals surface area contributed by atoms with Crippen LogP contribution in [0.3, 0.4) is 0 Å². The Morgan fingerprint density at radius 1 is 1.58 bits per heavy atom. The molecule has 0 aromatic rings. The van der Waals surface area contributed by atoms with Crippen LogP contribution in [-0.2, 0) is 4.79 Å². The summed E-state index contributed by atoms with van der Waals surface area (Å²) in [5.41, 5.74) is 0. The maximum Gasteiger partial charge on any atom is 0.320 e. The minimum absolute atomic E-state index is 0.222. The van der Waals surface area contributed by atoms with Crippen LogP contribution in [0.4, 0.5) is 0 Å². The van der Waals surface area contributed by atoms with Gasteiger partial charge in [-0.05, 0) is 18.9 Å². The minimum Gasteiger partial charge on any atom is -0.480 e. The summed E-state index contributed by atoms with van der Waals surface area (Å²) in [6.45, 7) is 5.97. The molecule has 2 atom stereocenters. The van der Waals surface area contributed by atoms with Gasteiger partial charge in [0.25, 0.3) is 0 Å². The number of likely N-dealkylation sites (tertiary alicyclic amines) is 1. The maximum atomic E-state index is 10.8. The second-order valence-corrected chi connectivity index (χ2v) is 3.45. The van der Waals surface area contributed by atoms with E-state index >= 15 is 0 Å². The zero-order valence-electron chi connectivity index (χ0n) is 7.79. The van der Waals surface area contributed by atoms with Crippen molar-refractivity contribution in [1.29, 1.82) is 0 Å². The molecule has 3 nitrogen and oxygen atoms in total. The summed E-state index contributed by atoms with van der Waals surface area (Å²) in [4.78, 5) is 12.8. The molecule has 0 radical (unpaired) electrons. The molecule has 0 spiro atoms. The number of carbonyl (C=O) groups is 1. The van der Waals surface area contributed by atoms with Gasteiger partial charge in [0, 0.05) is 6.54 Å². The predicted molar refractivity (Wildman–Crippen MR) is 47.1 cm³/mol. The molecule has 2 unspecified atom stereocenters. The Morgan fingerprint density at radius 3 is 2.58 bits per heavy atom. The van der Waals surface area contributed by atoms with Crippen LogP contribution in [0.5, 0.6) is 0 Å². The molecule has 12 heavy (non-hydrogen) atoms. The maximum absolute atomic E-state index is 10.8. The van der Waals surface area contributed by atoms with Crippen LogP contribution < -0.4 is 0 Å². The highest BCUT2D eigenvalue weighted by Crippen LogP contribution is 2.25. The predicted octanol–water partition coefficient (Wildman–Crippen LogP) is 1.19. The topological polar surface area (TPSA) is 40.5 Å². The highest BCUT2D eigenvalue weighted by molar-refractivity contribution is 5.73. The second kappa shape index (κ2) is 3.90. The highest BCUT2D eigenvalue weighted by atomic mass is 16.4. The van der Waals surface area contributed by atoms with E-state index in [0.717, 1.165) is 25.9 Å². The smallest absolute Gasteiger partial charge is 0.320 e. The van der Waals surface area contributed by atoms with E-state index in [0.29, 0.717) is 5.92 Å². The van der Waals surface area contributed by atoms with Crippen LogP contribution in [0.2, 0.25) is 0 Å². The molecule has 1 heterocycles. The molecule has 0 saturated carbocycles. The average Bonchev–Trinajstić information content (AvgIpc) is 2.47. The van der Waals surface area contributed by atoms with Crippen LogP contribution in [0.1, 0.15) is 26.7 Å². The van der Waals surface area contributed by atoms with E-state index in [4.69, 9.17) is 5.11 Å². The van der Waals surface area contributed by atoms with Gasteiger partial charge < -0.3 is 5.11 Å². The molecule has 0 bridgehead atoms. The van der Waals surface area contributed by atoms with E-state index in [1.165, 1.54) is 0 Å². The normalized spacial score (nSPS) is 30.8. The summed E-state index contributed by atoms with van der Waals surface area (Å²) in [6.07, 6.45) is 1.93. The summed E-state index contributed by atoms with van der Waals surface area (Å²) in [5.74, 6) is -0.0705. The van der Waals surface area contributed by atoms with Crippen molar-refractivity contribution in [2.75, 3.05) is 13.1 Å². The second-order valence-electron chi connectivity index (χ2n) is 3.45. The summed E-state index contributed by atoms with van der Waals surface area (Å²) >= 11 is 0. The lowest BCUT2D eigenvalue weighted by molar-refractivity contribution is -0.142. The van der Waals surface area contributed by atoms with Gasteiger partial charge in [-0.15, -0.1) is 0 Å². The van der Waals surface area contributed by atoms with Crippen LogP contribution in [-0.4, -0.2) is 35.1 Å². The lowest BCUT2D eigenvalue weighted by atomic mass is 10.0. The molecule has 1 rings (SSSR count). The fraction of sp³-hybridized carbons (Fsp3) is 0.889. The molecule has 1 fully saturated rings. The first-order chi connectivity index (χ1) is 5.69. The van der Waals surface area contributed by atoms with Gasteiger partial charge in [0.1, 0.15) is 6.04 Å². The van der Waals surface area contributed by atoms with E-state index < -0.39 is 5.97 Å². The Kier molecular flexibility index (Phi) is 3.09. The zero-order chi connectivity index (χ0) is 9.14. The third kappa shape index (κ3) is 1.78. The third-order valence-electron chi connectivity index (χ3n) is 2.76. The Balaban J connectivity index is 2.56. The van der Waals surface area contributed by atoms with Crippen molar-refractivity contribution in [2.24, 2.45) is 5.92 Å². The zero-order valence-corrected chi connectivity index (χ0v) is 7.79. The van der Waals surface area contributed by atoms with Crippen molar-refractivity contribution in [3.8, 4) is 0 Å². The molecule has 0 amide bonds. The number of rotatable bonds is 3. The molecule has 1 aliphatic heterocycles. The molecular formula is C9H17NO2.